The molecule has 5 aromatic rings. The van der Waals surface area contributed by atoms with Gasteiger partial charge in [-0.1, -0.05) is 100 Å². The molecule has 0 aliphatic heterocycles. The van der Waals surface area contributed by atoms with E-state index in [9.17, 15) is 9.90 Å². The molecule has 0 aliphatic rings. The molecular weight excluding hydrogens is 745 g/mol. The smallest absolute Gasteiger partial charge is 0.159 e. The van der Waals surface area contributed by atoms with Crippen LogP contribution in [-0.4, -0.2) is 20.9 Å². The first-order valence-electron chi connectivity index (χ1n) is 15.4. The predicted molar refractivity (Wildman–Crippen MR) is 187 cm³/mol. The van der Waals surface area contributed by atoms with E-state index in [1.807, 2.05) is 101 Å². The molecule has 0 spiro atoms. The van der Waals surface area contributed by atoms with Crippen LogP contribution in [0.5, 0.6) is 0 Å². The van der Waals surface area contributed by atoms with Gasteiger partial charge in [0.15, 0.2) is 5.78 Å². The van der Waals surface area contributed by atoms with Crippen molar-refractivity contribution < 1.29 is 30.0 Å². The van der Waals surface area contributed by atoms with Gasteiger partial charge in [-0.3, -0.25) is 4.79 Å². The van der Waals surface area contributed by atoms with Crippen molar-refractivity contribution in [2.75, 3.05) is 0 Å². The van der Waals surface area contributed by atoms with Gasteiger partial charge >= 0.3 is 0 Å². The van der Waals surface area contributed by atoms with Gasteiger partial charge in [0.2, 0.25) is 0 Å². The molecule has 0 bridgehead atoms. The third-order valence-electron chi connectivity index (χ3n) is 6.57. The second-order valence-corrected chi connectivity index (χ2v) is 11.9. The number of aliphatic hydroxyl groups is 1. The summed E-state index contributed by atoms with van der Waals surface area (Å²) in [6.45, 7) is 12.1. The SMILES string of the molecule is CC(C)CC(=O)/C=C(\O)CC(C)C.Cc1c[c-]c(-c2ccccn2)cc1.Cc1ccc(-c2[c-]cc(-c3ccccc3)cc2)nc1.[Ir]. The Morgan fingerprint density at radius 1 is 0.696 bits per heavy atom. The van der Waals surface area contributed by atoms with Crippen molar-refractivity contribution in [1.82, 2.24) is 9.97 Å². The van der Waals surface area contributed by atoms with Gasteiger partial charge in [-0.25, -0.2) is 0 Å². The number of aromatic nitrogens is 2. The first-order valence-corrected chi connectivity index (χ1v) is 15.4. The Balaban J connectivity index is 0.000000245. The van der Waals surface area contributed by atoms with E-state index >= 15 is 0 Å². The van der Waals surface area contributed by atoms with Crippen molar-refractivity contribution in [3.8, 4) is 33.6 Å². The Morgan fingerprint density at radius 3 is 1.83 bits per heavy atom. The monoisotopic (exact) mass is 789 g/mol. The van der Waals surface area contributed by atoms with Crippen LogP contribution in [0.3, 0.4) is 0 Å². The minimum atomic E-state index is 0. The second-order valence-electron chi connectivity index (χ2n) is 11.9. The normalized spacial score (nSPS) is 10.7. The summed E-state index contributed by atoms with van der Waals surface area (Å²) in [7, 11) is 0. The maximum atomic E-state index is 11.2. The fraction of sp³-hybridized carbons (Fsp3) is 0.244. The van der Waals surface area contributed by atoms with Gasteiger partial charge in [0.05, 0.1) is 5.76 Å². The number of aliphatic hydroxyl groups excluding tert-OH is 1. The predicted octanol–water partition coefficient (Wildman–Crippen LogP) is 10.5. The average Bonchev–Trinajstić information content (AvgIpc) is 3.02. The van der Waals surface area contributed by atoms with Crippen molar-refractivity contribution in [2.45, 2.75) is 54.4 Å². The molecule has 0 saturated carbocycles. The number of nitrogens with zero attached hydrogens (tertiary/aromatic N) is 2. The van der Waals surface area contributed by atoms with Crippen molar-refractivity contribution >= 4 is 5.78 Å². The van der Waals surface area contributed by atoms with Gasteiger partial charge in [-0.2, -0.15) is 0 Å². The minimum Gasteiger partial charge on any atom is -0.512 e. The minimum absolute atomic E-state index is 0. The van der Waals surface area contributed by atoms with Crippen LogP contribution in [0.15, 0.2) is 121 Å². The van der Waals surface area contributed by atoms with Crippen LogP contribution >= 0.6 is 0 Å². The van der Waals surface area contributed by atoms with E-state index in [1.165, 1.54) is 28.3 Å². The first-order chi connectivity index (χ1) is 21.6. The summed E-state index contributed by atoms with van der Waals surface area (Å²) in [5, 5.41) is 9.34. The third-order valence-corrected chi connectivity index (χ3v) is 6.57. The number of allylic oxidation sites excluding steroid dienone is 2. The van der Waals surface area contributed by atoms with E-state index in [0.29, 0.717) is 24.7 Å². The van der Waals surface area contributed by atoms with Crippen LogP contribution in [-0.2, 0) is 24.9 Å². The maximum Gasteiger partial charge on any atom is 0.159 e. The zero-order chi connectivity index (χ0) is 32.6. The third kappa shape index (κ3) is 13.9. The van der Waals surface area contributed by atoms with E-state index in [2.05, 4.69) is 65.4 Å². The Kier molecular flexibility index (Phi) is 16.6. The van der Waals surface area contributed by atoms with Gasteiger partial charge in [0, 0.05) is 51.4 Å². The van der Waals surface area contributed by atoms with Crippen LogP contribution in [0.1, 0.15) is 51.7 Å². The molecule has 0 fully saturated rings. The fourth-order valence-electron chi connectivity index (χ4n) is 4.33. The van der Waals surface area contributed by atoms with Crippen molar-refractivity contribution in [3.05, 3.63) is 145 Å². The average molecular weight is 789 g/mol. The van der Waals surface area contributed by atoms with E-state index in [1.54, 1.807) is 6.20 Å². The first kappa shape index (κ1) is 38.0. The molecule has 0 aliphatic carbocycles. The number of aryl methyl sites for hydroxylation is 2. The summed E-state index contributed by atoms with van der Waals surface area (Å²) < 4.78 is 0. The standard InChI is InChI=1S/C18H14N.C12H10N.C11H20O2.Ir/c1-14-7-12-18(19-13-14)17-10-8-16(9-11-17)15-5-3-2-4-6-15;1-10-5-7-11(8-6-10)12-4-2-3-9-13-12;1-8(2)5-10(12)7-11(13)6-9(3)4;/h2-10,12-13H,1H3;2-7,9H,1H3;7-9,12H,5-6H2,1-4H3;/q2*-1;;/b;;10-7-;. The molecule has 0 amide bonds. The van der Waals surface area contributed by atoms with Gasteiger partial charge in [0.1, 0.15) is 0 Å². The molecule has 4 nitrogen and oxygen atoms in total. The molecule has 0 atom stereocenters. The van der Waals surface area contributed by atoms with E-state index in [-0.39, 0.29) is 31.6 Å². The largest absolute Gasteiger partial charge is 0.512 e. The van der Waals surface area contributed by atoms with Gasteiger partial charge in [-0.05, 0) is 41.8 Å². The van der Waals surface area contributed by atoms with Crippen LogP contribution in [0.2, 0.25) is 0 Å². The zero-order valence-electron chi connectivity index (χ0n) is 27.6. The number of hydrogen-bond acceptors (Lipinski definition) is 4. The van der Waals surface area contributed by atoms with Crippen molar-refractivity contribution in [3.63, 3.8) is 0 Å². The van der Waals surface area contributed by atoms with Crippen LogP contribution < -0.4 is 0 Å². The number of carbonyl (C=O) groups is 1. The summed E-state index contributed by atoms with van der Waals surface area (Å²) in [5.41, 5.74) is 8.79. The number of carbonyl (C=O) groups excluding carboxylic acids is 1. The quantitative estimate of drug-likeness (QED) is 0.0966. The van der Waals surface area contributed by atoms with E-state index < -0.39 is 0 Å². The van der Waals surface area contributed by atoms with Crippen molar-refractivity contribution in [1.29, 1.82) is 0 Å². The van der Waals surface area contributed by atoms with E-state index in [4.69, 9.17) is 0 Å². The molecule has 3 aromatic carbocycles. The molecule has 0 unspecified atom stereocenters. The molecule has 1 N–H and O–H groups in total. The van der Waals surface area contributed by atoms with Gasteiger partial charge in [-0.15, -0.1) is 65.2 Å². The molecule has 0 saturated heterocycles. The molecular formula is C41H44IrN2O2-2. The number of hydrogen-bond donors (Lipinski definition) is 1. The maximum absolute atomic E-state index is 11.2. The summed E-state index contributed by atoms with van der Waals surface area (Å²) in [6.07, 6.45) is 6.14. The van der Waals surface area contributed by atoms with Crippen LogP contribution in [0.4, 0.5) is 0 Å². The summed E-state index contributed by atoms with van der Waals surface area (Å²) in [4.78, 5) is 19.9. The summed E-state index contributed by atoms with van der Waals surface area (Å²) in [6, 6.07) is 39.1. The molecule has 241 valence electrons. The fourth-order valence-corrected chi connectivity index (χ4v) is 4.33. The van der Waals surface area contributed by atoms with Gasteiger partial charge < -0.3 is 15.1 Å². The molecule has 5 rings (SSSR count). The molecule has 1 radical (unpaired) electrons. The molecule has 5 heteroatoms. The Labute approximate surface area is 289 Å². The molecule has 46 heavy (non-hydrogen) atoms. The zero-order valence-corrected chi connectivity index (χ0v) is 30.0. The second kappa shape index (κ2) is 20.0. The van der Waals surface area contributed by atoms with Gasteiger partial charge in [0.25, 0.3) is 0 Å². The Bertz CT molecular complexity index is 1600. The Morgan fingerprint density at radius 2 is 1.30 bits per heavy atom. The molecule has 2 aromatic heterocycles. The number of benzene rings is 3. The number of rotatable bonds is 8. The van der Waals surface area contributed by atoms with Crippen LogP contribution in [0.25, 0.3) is 33.6 Å². The topological polar surface area (TPSA) is 63.1 Å². The molecule has 2 heterocycles. The summed E-state index contributed by atoms with van der Waals surface area (Å²) in [5.74, 6) is 0.979. The number of pyridine rings is 2. The summed E-state index contributed by atoms with van der Waals surface area (Å²) >= 11 is 0. The Hall–Kier alpha value is -4.18. The van der Waals surface area contributed by atoms with Crippen LogP contribution in [0, 0.1) is 37.8 Å². The number of ketones is 1. The van der Waals surface area contributed by atoms with E-state index in [0.717, 1.165) is 22.5 Å². The van der Waals surface area contributed by atoms with Crippen molar-refractivity contribution in [2.24, 2.45) is 11.8 Å².